The van der Waals surface area contributed by atoms with Crippen molar-refractivity contribution in [2.24, 2.45) is 0 Å². The van der Waals surface area contributed by atoms with Crippen molar-refractivity contribution in [2.45, 2.75) is 6.18 Å². The van der Waals surface area contributed by atoms with Crippen molar-refractivity contribution >= 4 is 18.1 Å². The Hall–Kier alpha value is -3.94. The fourth-order valence-corrected chi connectivity index (χ4v) is 2.60. The maximum Gasteiger partial charge on any atom is 0.416 e. The minimum atomic E-state index is -4.64. The fourth-order valence-electron chi connectivity index (χ4n) is 2.60. The van der Waals surface area contributed by atoms with Crippen LogP contribution in [0.15, 0.2) is 60.7 Å². The van der Waals surface area contributed by atoms with Gasteiger partial charge < -0.3 is 20.1 Å². The van der Waals surface area contributed by atoms with Gasteiger partial charge in [0.05, 0.1) is 5.56 Å². The molecule has 3 aromatic rings. The summed E-state index contributed by atoms with van der Waals surface area (Å²) in [5.74, 6) is -1.86. The molecule has 0 saturated carbocycles. The molecule has 3 N–H and O–H groups in total. The second-order valence-electron chi connectivity index (χ2n) is 6.30. The number of carbonyl (C=O) groups excluding carboxylic acids is 1. The molecule has 0 aliphatic carbocycles. The average molecular weight is 416 g/mol. The van der Waals surface area contributed by atoms with Gasteiger partial charge in [-0.15, -0.1) is 0 Å². The van der Waals surface area contributed by atoms with E-state index in [0.29, 0.717) is 17.7 Å². The van der Waals surface area contributed by atoms with Crippen LogP contribution in [0.2, 0.25) is 0 Å². The highest BCUT2D eigenvalue weighted by molar-refractivity contribution is 5.94. The van der Waals surface area contributed by atoms with E-state index in [0.717, 1.165) is 11.6 Å². The lowest BCUT2D eigenvalue weighted by Crippen LogP contribution is -2.10. The number of alkyl halides is 3. The van der Waals surface area contributed by atoms with E-state index in [1.54, 1.807) is 24.3 Å². The normalized spacial score (nSPS) is 11.6. The lowest BCUT2D eigenvalue weighted by atomic mass is 10.1. The molecule has 0 fully saturated rings. The third kappa shape index (κ3) is 5.11. The average Bonchev–Trinajstić information content (AvgIpc) is 2.66. The largest absolute Gasteiger partial charge is 0.508 e. The van der Waals surface area contributed by atoms with E-state index in [4.69, 9.17) is 4.74 Å². The number of ether oxygens (including phenoxy) is 1. The number of hydrogen-bond donors (Lipinski definition) is 3. The second-order valence-corrected chi connectivity index (χ2v) is 6.30. The van der Waals surface area contributed by atoms with Crippen molar-refractivity contribution in [1.82, 2.24) is 0 Å². The van der Waals surface area contributed by atoms with Crippen LogP contribution in [-0.2, 0) is 6.18 Å². The minimum Gasteiger partial charge on any atom is -0.508 e. The molecule has 0 unspecified atom stereocenters. The molecule has 154 valence electrons. The SMILES string of the molecule is O=C(Oc1ccc(C=Cc2cc(O)cc(O)c2)cc1)c1ccc(C(F)(F)F)cc1O. The maximum atomic E-state index is 12.6. The van der Waals surface area contributed by atoms with E-state index >= 15 is 0 Å². The van der Waals surface area contributed by atoms with Gasteiger partial charge in [0, 0.05) is 6.07 Å². The highest BCUT2D eigenvalue weighted by Crippen LogP contribution is 2.33. The molecular weight excluding hydrogens is 401 g/mol. The van der Waals surface area contributed by atoms with Gasteiger partial charge in [0.25, 0.3) is 0 Å². The Morgan fingerprint density at radius 3 is 1.97 bits per heavy atom. The molecule has 3 aromatic carbocycles. The third-order valence-corrected chi connectivity index (χ3v) is 4.03. The van der Waals surface area contributed by atoms with Crippen LogP contribution < -0.4 is 4.74 Å². The van der Waals surface area contributed by atoms with Crippen LogP contribution in [0.4, 0.5) is 13.2 Å². The smallest absolute Gasteiger partial charge is 0.416 e. The summed E-state index contributed by atoms with van der Waals surface area (Å²) >= 11 is 0. The lowest BCUT2D eigenvalue weighted by Gasteiger charge is -2.10. The zero-order valence-electron chi connectivity index (χ0n) is 15.2. The molecule has 5 nitrogen and oxygen atoms in total. The first-order chi connectivity index (χ1) is 14.1. The Labute approximate surface area is 168 Å². The van der Waals surface area contributed by atoms with Crippen molar-refractivity contribution in [3.8, 4) is 23.0 Å². The summed E-state index contributed by atoms with van der Waals surface area (Å²) in [5, 5.41) is 28.6. The first kappa shape index (κ1) is 20.8. The number of phenolic OH excluding ortho intramolecular Hbond substituents is 3. The summed E-state index contributed by atoms with van der Waals surface area (Å²) in [4.78, 5) is 12.1. The van der Waals surface area contributed by atoms with Gasteiger partial charge in [-0.3, -0.25) is 0 Å². The Bertz CT molecular complexity index is 1080. The van der Waals surface area contributed by atoms with Gasteiger partial charge in [-0.05, 0) is 53.6 Å². The van der Waals surface area contributed by atoms with Gasteiger partial charge in [0.2, 0.25) is 0 Å². The van der Waals surface area contributed by atoms with Gasteiger partial charge in [0.15, 0.2) is 0 Å². The molecule has 0 aliphatic heterocycles. The molecule has 0 radical (unpaired) electrons. The zero-order chi connectivity index (χ0) is 21.9. The number of esters is 1. The quantitative estimate of drug-likeness (QED) is 0.309. The molecule has 0 heterocycles. The predicted octanol–water partition coefficient (Wildman–Crippen LogP) is 5.21. The summed E-state index contributed by atoms with van der Waals surface area (Å²) in [6, 6.07) is 12.3. The number of benzene rings is 3. The summed E-state index contributed by atoms with van der Waals surface area (Å²) in [6.07, 6.45) is -1.29. The second kappa shape index (κ2) is 8.20. The molecule has 30 heavy (non-hydrogen) atoms. The van der Waals surface area contributed by atoms with E-state index in [-0.39, 0.29) is 17.2 Å². The van der Waals surface area contributed by atoms with Gasteiger partial charge in [-0.2, -0.15) is 13.2 Å². The topological polar surface area (TPSA) is 87.0 Å². The van der Waals surface area contributed by atoms with Crippen molar-refractivity contribution in [1.29, 1.82) is 0 Å². The van der Waals surface area contributed by atoms with Gasteiger partial charge in [-0.1, -0.05) is 24.3 Å². The lowest BCUT2D eigenvalue weighted by molar-refractivity contribution is -0.137. The highest BCUT2D eigenvalue weighted by atomic mass is 19.4. The van der Waals surface area contributed by atoms with Gasteiger partial charge in [0.1, 0.15) is 28.6 Å². The summed E-state index contributed by atoms with van der Waals surface area (Å²) in [6.45, 7) is 0. The first-order valence-corrected chi connectivity index (χ1v) is 8.55. The van der Waals surface area contributed by atoms with Crippen LogP contribution in [0.25, 0.3) is 12.2 Å². The Morgan fingerprint density at radius 1 is 0.800 bits per heavy atom. The number of hydrogen-bond acceptors (Lipinski definition) is 5. The van der Waals surface area contributed by atoms with Crippen LogP contribution >= 0.6 is 0 Å². The molecular formula is C22H15F3O5. The standard InChI is InChI=1S/C22H15F3O5/c23-22(24,25)15-5-8-19(20(28)11-15)21(29)30-18-6-3-13(4-7-18)1-2-14-9-16(26)12-17(27)10-14/h1-12,26-28H. The summed E-state index contributed by atoms with van der Waals surface area (Å²) in [7, 11) is 0. The van der Waals surface area contributed by atoms with E-state index in [1.807, 2.05) is 0 Å². The molecule has 0 saturated heterocycles. The van der Waals surface area contributed by atoms with E-state index < -0.39 is 29.0 Å². The molecule has 0 aliphatic rings. The fraction of sp³-hybridized carbons (Fsp3) is 0.0455. The molecule has 0 spiro atoms. The zero-order valence-corrected chi connectivity index (χ0v) is 15.2. The minimum absolute atomic E-state index is 0.0802. The van der Waals surface area contributed by atoms with E-state index in [2.05, 4.69) is 0 Å². The van der Waals surface area contributed by atoms with E-state index in [9.17, 15) is 33.3 Å². The Morgan fingerprint density at radius 2 is 1.40 bits per heavy atom. The van der Waals surface area contributed by atoms with Gasteiger partial charge >= 0.3 is 12.1 Å². The molecule has 3 rings (SSSR count). The number of phenols is 3. The van der Waals surface area contributed by atoms with Crippen LogP contribution in [0.1, 0.15) is 27.0 Å². The number of rotatable bonds is 4. The number of aromatic hydroxyl groups is 3. The van der Waals surface area contributed by atoms with Crippen LogP contribution in [0, 0.1) is 0 Å². The molecule has 0 aromatic heterocycles. The van der Waals surface area contributed by atoms with Crippen molar-refractivity contribution in [3.63, 3.8) is 0 Å². The Balaban J connectivity index is 1.69. The maximum absolute atomic E-state index is 12.6. The summed E-state index contributed by atoms with van der Waals surface area (Å²) < 4.78 is 43.0. The monoisotopic (exact) mass is 416 g/mol. The van der Waals surface area contributed by atoms with Crippen LogP contribution in [-0.4, -0.2) is 21.3 Å². The summed E-state index contributed by atoms with van der Waals surface area (Å²) in [5.41, 5.74) is -0.181. The molecule has 0 bridgehead atoms. The predicted molar refractivity (Wildman–Crippen MR) is 103 cm³/mol. The van der Waals surface area contributed by atoms with Crippen LogP contribution in [0.5, 0.6) is 23.0 Å². The van der Waals surface area contributed by atoms with Crippen molar-refractivity contribution < 1.29 is 38.0 Å². The number of carbonyl (C=O) groups is 1. The molecule has 0 atom stereocenters. The van der Waals surface area contributed by atoms with E-state index in [1.165, 1.54) is 30.3 Å². The van der Waals surface area contributed by atoms with Crippen LogP contribution in [0.3, 0.4) is 0 Å². The highest BCUT2D eigenvalue weighted by Gasteiger charge is 2.31. The number of halogens is 3. The van der Waals surface area contributed by atoms with Crippen molar-refractivity contribution in [3.05, 3.63) is 82.9 Å². The molecule has 8 heteroatoms. The first-order valence-electron chi connectivity index (χ1n) is 8.55. The Kier molecular flexibility index (Phi) is 5.68. The van der Waals surface area contributed by atoms with Gasteiger partial charge in [-0.25, -0.2) is 4.79 Å². The van der Waals surface area contributed by atoms with Crippen molar-refractivity contribution in [2.75, 3.05) is 0 Å². The molecule has 0 amide bonds. The third-order valence-electron chi connectivity index (χ3n) is 4.03.